The Kier molecular flexibility index (Phi) is 7.34. The highest BCUT2D eigenvalue weighted by atomic mass is 16.5. The van der Waals surface area contributed by atoms with E-state index < -0.39 is 0 Å². The Bertz CT molecular complexity index is 528. The van der Waals surface area contributed by atoms with Crippen molar-refractivity contribution in [2.45, 2.75) is 25.0 Å². The summed E-state index contributed by atoms with van der Waals surface area (Å²) in [5.41, 5.74) is 1.21. The minimum absolute atomic E-state index is 0.224. The summed E-state index contributed by atoms with van der Waals surface area (Å²) in [5.74, 6) is 1.68. The van der Waals surface area contributed by atoms with Crippen molar-refractivity contribution in [3.8, 4) is 5.75 Å². The fourth-order valence-electron chi connectivity index (χ4n) is 2.88. The van der Waals surface area contributed by atoms with Crippen LogP contribution in [0.4, 0.5) is 0 Å². The zero-order chi connectivity index (χ0) is 17.4. The summed E-state index contributed by atoms with van der Waals surface area (Å²) in [7, 11) is 7.64. The van der Waals surface area contributed by atoms with Gasteiger partial charge in [0.05, 0.1) is 19.3 Å². The first-order chi connectivity index (χ1) is 11.6. The second-order valence-corrected chi connectivity index (χ2v) is 6.23. The highest BCUT2D eigenvalue weighted by Crippen LogP contribution is 2.22. The minimum atomic E-state index is 0.224. The average Bonchev–Trinajstić information content (AvgIpc) is 3.11. The molecule has 2 N–H and O–H groups in total. The molecule has 1 aromatic carbocycles. The average molecular weight is 334 g/mol. The summed E-state index contributed by atoms with van der Waals surface area (Å²) in [6, 6.07) is 8.41. The zero-order valence-corrected chi connectivity index (χ0v) is 15.2. The number of methoxy groups -OCH3 is 1. The molecule has 0 spiro atoms. The zero-order valence-electron chi connectivity index (χ0n) is 15.2. The SMILES string of the molecule is CN=C(NCC1CCCO1)NCC(c1cccc(OC)c1)N(C)C. The van der Waals surface area contributed by atoms with E-state index in [9.17, 15) is 0 Å². The van der Waals surface area contributed by atoms with Gasteiger partial charge in [0, 0.05) is 26.7 Å². The number of hydrogen-bond acceptors (Lipinski definition) is 4. The second-order valence-electron chi connectivity index (χ2n) is 6.23. The molecule has 2 atom stereocenters. The molecule has 134 valence electrons. The summed E-state index contributed by atoms with van der Waals surface area (Å²) in [6.07, 6.45) is 2.57. The number of ether oxygens (including phenoxy) is 2. The van der Waals surface area contributed by atoms with Crippen LogP contribution in [0.2, 0.25) is 0 Å². The molecule has 1 aliphatic rings. The molecule has 0 amide bonds. The number of benzene rings is 1. The van der Waals surface area contributed by atoms with Crippen molar-refractivity contribution < 1.29 is 9.47 Å². The molecular formula is C18H30N4O2. The molecule has 1 aromatic rings. The second kappa shape index (κ2) is 9.49. The van der Waals surface area contributed by atoms with E-state index >= 15 is 0 Å². The first-order valence-corrected chi connectivity index (χ1v) is 8.50. The molecule has 1 fully saturated rings. The van der Waals surface area contributed by atoms with Gasteiger partial charge < -0.3 is 25.0 Å². The topological polar surface area (TPSA) is 58.1 Å². The van der Waals surface area contributed by atoms with Gasteiger partial charge in [-0.3, -0.25) is 4.99 Å². The van der Waals surface area contributed by atoms with Crippen LogP contribution in [0.5, 0.6) is 5.75 Å². The Hall–Kier alpha value is -1.79. The Morgan fingerprint density at radius 1 is 1.42 bits per heavy atom. The molecule has 2 unspecified atom stereocenters. The van der Waals surface area contributed by atoms with Gasteiger partial charge in [-0.15, -0.1) is 0 Å². The van der Waals surface area contributed by atoms with E-state index in [0.29, 0.717) is 6.10 Å². The Balaban J connectivity index is 1.91. The van der Waals surface area contributed by atoms with E-state index in [1.807, 2.05) is 12.1 Å². The van der Waals surface area contributed by atoms with E-state index in [1.165, 1.54) is 5.56 Å². The van der Waals surface area contributed by atoms with Gasteiger partial charge in [-0.1, -0.05) is 12.1 Å². The molecular weight excluding hydrogens is 304 g/mol. The molecule has 0 bridgehead atoms. The summed E-state index contributed by atoms with van der Waals surface area (Å²) in [4.78, 5) is 6.49. The third-order valence-corrected chi connectivity index (χ3v) is 4.31. The van der Waals surface area contributed by atoms with Crippen molar-refractivity contribution in [3.05, 3.63) is 29.8 Å². The van der Waals surface area contributed by atoms with Gasteiger partial charge >= 0.3 is 0 Å². The normalized spacial score (nSPS) is 19.4. The lowest BCUT2D eigenvalue weighted by atomic mass is 10.1. The summed E-state index contributed by atoms with van der Waals surface area (Å²) in [5, 5.41) is 6.76. The standard InChI is InChI=1S/C18H30N4O2/c1-19-18(20-12-16-9-6-10-24-16)21-13-17(22(2)3)14-7-5-8-15(11-14)23-4/h5,7-8,11,16-17H,6,9-10,12-13H2,1-4H3,(H2,19,20,21). The Labute approximate surface area is 145 Å². The molecule has 0 saturated carbocycles. The van der Waals surface area contributed by atoms with Crippen molar-refractivity contribution in [1.82, 2.24) is 15.5 Å². The predicted octanol–water partition coefficient (Wildman–Crippen LogP) is 1.64. The van der Waals surface area contributed by atoms with Crippen LogP contribution in [0, 0.1) is 0 Å². The first kappa shape index (κ1) is 18.5. The number of hydrogen-bond donors (Lipinski definition) is 2. The van der Waals surface area contributed by atoms with Crippen LogP contribution < -0.4 is 15.4 Å². The lowest BCUT2D eigenvalue weighted by Gasteiger charge is -2.26. The first-order valence-electron chi connectivity index (χ1n) is 8.50. The molecule has 1 heterocycles. The van der Waals surface area contributed by atoms with Crippen LogP contribution in [0.1, 0.15) is 24.4 Å². The number of nitrogens with one attached hydrogen (secondary N) is 2. The molecule has 0 aromatic heterocycles. The maximum absolute atomic E-state index is 5.64. The largest absolute Gasteiger partial charge is 0.497 e. The molecule has 2 rings (SSSR count). The van der Waals surface area contributed by atoms with Crippen LogP contribution >= 0.6 is 0 Å². The van der Waals surface area contributed by atoms with Crippen LogP contribution in [0.3, 0.4) is 0 Å². The number of aliphatic imine (C=N–C) groups is 1. The minimum Gasteiger partial charge on any atom is -0.497 e. The number of likely N-dealkylation sites (N-methyl/N-ethyl adjacent to an activating group) is 1. The van der Waals surface area contributed by atoms with E-state index in [2.05, 4.69) is 46.8 Å². The molecule has 24 heavy (non-hydrogen) atoms. The molecule has 0 aliphatic carbocycles. The summed E-state index contributed by atoms with van der Waals surface area (Å²) >= 11 is 0. The van der Waals surface area contributed by atoms with Gasteiger partial charge in [-0.25, -0.2) is 0 Å². The molecule has 1 aliphatic heterocycles. The smallest absolute Gasteiger partial charge is 0.191 e. The summed E-state index contributed by atoms with van der Waals surface area (Å²) in [6.45, 7) is 2.42. The van der Waals surface area contributed by atoms with Crippen molar-refractivity contribution >= 4 is 5.96 Å². The Morgan fingerprint density at radius 3 is 2.88 bits per heavy atom. The van der Waals surface area contributed by atoms with Gasteiger partial charge in [-0.05, 0) is 44.6 Å². The van der Waals surface area contributed by atoms with Gasteiger partial charge in [0.15, 0.2) is 5.96 Å². The quantitative estimate of drug-likeness (QED) is 0.586. The molecule has 6 heteroatoms. The van der Waals surface area contributed by atoms with Gasteiger partial charge in [-0.2, -0.15) is 0 Å². The highest BCUT2D eigenvalue weighted by molar-refractivity contribution is 5.79. The Morgan fingerprint density at radius 2 is 2.25 bits per heavy atom. The third-order valence-electron chi connectivity index (χ3n) is 4.31. The lowest BCUT2D eigenvalue weighted by Crippen LogP contribution is -2.44. The van der Waals surface area contributed by atoms with Crippen LogP contribution in [0.15, 0.2) is 29.3 Å². The molecule has 0 radical (unpaired) electrons. The molecule has 1 saturated heterocycles. The number of rotatable bonds is 7. The molecule has 6 nitrogen and oxygen atoms in total. The fraction of sp³-hybridized carbons (Fsp3) is 0.611. The van der Waals surface area contributed by atoms with E-state index in [4.69, 9.17) is 9.47 Å². The van der Waals surface area contributed by atoms with Gasteiger partial charge in [0.1, 0.15) is 5.75 Å². The maximum Gasteiger partial charge on any atom is 0.191 e. The van der Waals surface area contributed by atoms with E-state index in [1.54, 1.807) is 14.2 Å². The van der Waals surface area contributed by atoms with E-state index in [0.717, 1.165) is 44.2 Å². The van der Waals surface area contributed by atoms with E-state index in [-0.39, 0.29) is 6.04 Å². The lowest BCUT2D eigenvalue weighted by molar-refractivity contribution is 0.113. The van der Waals surface area contributed by atoms with Crippen LogP contribution in [0.25, 0.3) is 0 Å². The van der Waals surface area contributed by atoms with Crippen molar-refractivity contribution in [3.63, 3.8) is 0 Å². The monoisotopic (exact) mass is 334 g/mol. The number of guanidine groups is 1. The van der Waals surface area contributed by atoms with Gasteiger partial charge in [0.2, 0.25) is 0 Å². The maximum atomic E-state index is 5.64. The van der Waals surface area contributed by atoms with Crippen LogP contribution in [-0.4, -0.2) is 64.9 Å². The van der Waals surface area contributed by atoms with Crippen molar-refractivity contribution in [1.29, 1.82) is 0 Å². The van der Waals surface area contributed by atoms with Gasteiger partial charge in [0.25, 0.3) is 0 Å². The fourth-order valence-corrected chi connectivity index (χ4v) is 2.88. The predicted molar refractivity (Wildman–Crippen MR) is 97.8 cm³/mol. The number of nitrogens with zero attached hydrogens (tertiary/aromatic N) is 2. The van der Waals surface area contributed by atoms with Crippen molar-refractivity contribution in [2.24, 2.45) is 4.99 Å². The van der Waals surface area contributed by atoms with Crippen LogP contribution in [-0.2, 0) is 4.74 Å². The summed E-state index contributed by atoms with van der Waals surface area (Å²) < 4.78 is 11.0. The third kappa shape index (κ3) is 5.39. The highest BCUT2D eigenvalue weighted by Gasteiger charge is 2.17. The van der Waals surface area contributed by atoms with Crippen molar-refractivity contribution in [2.75, 3.05) is 47.9 Å².